The van der Waals surface area contributed by atoms with Gasteiger partial charge in [-0.05, 0) is 44.4 Å². The lowest BCUT2D eigenvalue weighted by atomic mass is 9.73. The lowest BCUT2D eigenvalue weighted by Gasteiger charge is -2.36. The number of carbonyl (C=O) groups excluding carboxylic acids is 1. The molecule has 0 aromatic heterocycles. The number of Topliss-reactive ketones (excluding diaryl/α,β-unsaturated/α-hetero) is 1. The fourth-order valence-electron chi connectivity index (χ4n) is 7.18. The molecule has 1 atom stereocenters. The molecule has 0 aliphatic heterocycles. The molecule has 0 radical (unpaired) electrons. The topological polar surface area (TPSA) is 26.3 Å². The monoisotopic (exact) mass is 621 g/mol. The molecule has 0 N–H and O–H groups in total. The predicted molar refractivity (Wildman–Crippen MR) is 198 cm³/mol. The summed E-state index contributed by atoms with van der Waals surface area (Å²) in [4.78, 5) is 11.1. The third-order valence-corrected chi connectivity index (χ3v) is 10.6. The maximum atomic E-state index is 11.1. The molecule has 0 amide bonds. The number of hydrogen-bond acceptors (Lipinski definition) is 2. The first-order valence-corrected chi connectivity index (χ1v) is 20.6. The molecule has 1 unspecified atom stereocenters. The molecule has 0 saturated heterocycles. The van der Waals surface area contributed by atoms with E-state index in [0.717, 1.165) is 19.4 Å². The Labute approximate surface area is 279 Å². The molecular weight excluding hydrogens is 536 g/mol. The minimum atomic E-state index is 0.346. The molecule has 0 aromatic carbocycles. The molecule has 2 heteroatoms. The summed E-state index contributed by atoms with van der Waals surface area (Å²) in [6.07, 6.45) is 45.0. The van der Waals surface area contributed by atoms with Crippen LogP contribution in [0.1, 0.15) is 247 Å². The second kappa shape index (κ2) is 34.0. The van der Waals surface area contributed by atoms with E-state index in [1.54, 1.807) is 6.92 Å². The molecule has 0 rings (SSSR count). The summed E-state index contributed by atoms with van der Waals surface area (Å²) >= 11 is 0. The van der Waals surface area contributed by atoms with Gasteiger partial charge in [-0.25, -0.2) is 0 Å². The number of rotatable bonds is 37. The van der Waals surface area contributed by atoms with E-state index >= 15 is 0 Å². The van der Waals surface area contributed by atoms with Crippen LogP contribution in [0.15, 0.2) is 0 Å². The van der Waals surface area contributed by atoms with Crippen LogP contribution in [0.4, 0.5) is 0 Å². The highest BCUT2D eigenvalue weighted by molar-refractivity contribution is 5.75. The van der Waals surface area contributed by atoms with Crippen LogP contribution >= 0.6 is 0 Å². The third-order valence-electron chi connectivity index (χ3n) is 10.6. The van der Waals surface area contributed by atoms with E-state index in [1.165, 1.54) is 199 Å². The molecule has 44 heavy (non-hydrogen) atoms. The number of hydrogen-bond donors (Lipinski definition) is 0. The van der Waals surface area contributed by atoms with Gasteiger partial charge < -0.3 is 9.53 Å². The van der Waals surface area contributed by atoms with Gasteiger partial charge in [0, 0.05) is 13.0 Å². The Kier molecular flexibility index (Phi) is 33.7. The van der Waals surface area contributed by atoms with Gasteiger partial charge in [-0.2, -0.15) is 0 Å². The molecule has 0 spiro atoms. The van der Waals surface area contributed by atoms with Gasteiger partial charge in [-0.1, -0.05) is 201 Å². The highest BCUT2D eigenvalue weighted by Crippen LogP contribution is 2.39. The Bertz CT molecular complexity index is 566. The molecule has 0 aromatic rings. The van der Waals surface area contributed by atoms with E-state index in [9.17, 15) is 4.79 Å². The zero-order chi connectivity index (χ0) is 32.4. The third kappa shape index (κ3) is 29.1. The van der Waals surface area contributed by atoms with E-state index in [-0.39, 0.29) is 0 Å². The van der Waals surface area contributed by atoms with Crippen LogP contribution in [0, 0.1) is 5.41 Å². The SMILES string of the molecule is CCCCCCCCCCCCCCCCCCOC(CCCCCC)CC(CC)(CC)CCCCCCCCCC(C)=O. The second-order valence-electron chi connectivity index (χ2n) is 14.7. The normalized spacial score (nSPS) is 12.7. The minimum absolute atomic E-state index is 0.346. The first kappa shape index (κ1) is 43.6. The molecule has 0 bridgehead atoms. The van der Waals surface area contributed by atoms with Crippen molar-refractivity contribution in [2.24, 2.45) is 5.41 Å². The van der Waals surface area contributed by atoms with Gasteiger partial charge in [0.1, 0.15) is 5.78 Å². The van der Waals surface area contributed by atoms with Crippen molar-refractivity contribution in [2.45, 2.75) is 253 Å². The van der Waals surface area contributed by atoms with Crippen LogP contribution in [-0.4, -0.2) is 18.5 Å². The molecule has 2 nitrogen and oxygen atoms in total. The number of ketones is 1. The summed E-state index contributed by atoms with van der Waals surface area (Å²) in [5, 5.41) is 0. The Morgan fingerprint density at radius 1 is 0.500 bits per heavy atom. The van der Waals surface area contributed by atoms with Crippen molar-refractivity contribution in [3.63, 3.8) is 0 Å². The highest BCUT2D eigenvalue weighted by atomic mass is 16.5. The van der Waals surface area contributed by atoms with Gasteiger partial charge >= 0.3 is 0 Å². The summed E-state index contributed by atoms with van der Waals surface area (Å²) in [5.74, 6) is 0.346. The summed E-state index contributed by atoms with van der Waals surface area (Å²) in [5.41, 5.74) is 0.464. The maximum Gasteiger partial charge on any atom is 0.129 e. The van der Waals surface area contributed by atoms with Crippen molar-refractivity contribution in [1.82, 2.24) is 0 Å². The summed E-state index contributed by atoms with van der Waals surface area (Å²) in [6.45, 7) is 12.2. The van der Waals surface area contributed by atoms with E-state index in [4.69, 9.17) is 4.74 Å². The average Bonchev–Trinajstić information content (AvgIpc) is 3.02. The van der Waals surface area contributed by atoms with Gasteiger partial charge in [0.05, 0.1) is 6.10 Å². The fraction of sp³-hybridized carbons (Fsp3) is 0.976. The van der Waals surface area contributed by atoms with Crippen molar-refractivity contribution in [3.05, 3.63) is 0 Å². The zero-order valence-corrected chi connectivity index (χ0v) is 31.4. The minimum Gasteiger partial charge on any atom is -0.378 e. The highest BCUT2D eigenvalue weighted by Gasteiger charge is 2.29. The average molecular weight is 621 g/mol. The number of carbonyl (C=O) groups is 1. The van der Waals surface area contributed by atoms with Gasteiger partial charge in [0.25, 0.3) is 0 Å². The predicted octanol–water partition coefficient (Wildman–Crippen LogP) is 14.9. The Balaban J connectivity index is 4.14. The summed E-state index contributed by atoms with van der Waals surface area (Å²) in [6, 6.07) is 0. The quantitative estimate of drug-likeness (QED) is 0.0646. The van der Waals surface area contributed by atoms with Gasteiger partial charge in [0.15, 0.2) is 0 Å². The summed E-state index contributed by atoms with van der Waals surface area (Å²) < 4.78 is 6.68. The standard InChI is InChI=1S/C42H84O2/c1-6-10-12-14-15-16-17-18-19-20-21-22-23-27-30-34-38-44-41(36-32-13-11-7-2)39-42(8-3,9-4)37-33-29-26-24-25-28-31-35-40(5)43/h41H,6-39H2,1-5H3. The lowest BCUT2D eigenvalue weighted by molar-refractivity contribution is -0.117. The summed E-state index contributed by atoms with van der Waals surface area (Å²) in [7, 11) is 0. The Morgan fingerprint density at radius 3 is 1.32 bits per heavy atom. The first-order valence-electron chi connectivity index (χ1n) is 20.6. The van der Waals surface area contributed by atoms with Crippen LogP contribution in [0.3, 0.4) is 0 Å². The molecular formula is C42H84O2. The van der Waals surface area contributed by atoms with E-state index in [0.29, 0.717) is 17.3 Å². The first-order chi connectivity index (χ1) is 21.5. The smallest absolute Gasteiger partial charge is 0.129 e. The second-order valence-corrected chi connectivity index (χ2v) is 14.7. The van der Waals surface area contributed by atoms with Crippen LogP contribution in [0.25, 0.3) is 0 Å². The van der Waals surface area contributed by atoms with E-state index in [2.05, 4.69) is 27.7 Å². The fourth-order valence-corrected chi connectivity index (χ4v) is 7.18. The van der Waals surface area contributed by atoms with Crippen molar-refractivity contribution in [1.29, 1.82) is 0 Å². The molecule has 0 fully saturated rings. The zero-order valence-electron chi connectivity index (χ0n) is 31.4. The van der Waals surface area contributed by atoms with E-state index in [1.807, 2.05) is 0 Å². The van der Waals surface area contributed by atoms with Crippen molar-refractivity contribution in [2.75, 3.05) is 6.61 Å². The van der Waals surface area contributed by atoms with Crippen LogP contribution < -0.4 is 0 Å². The maximum absolute atomic E-state index is 11.1. The molecule has 0 aliphatic rings. The molecule has 264 valence electrons. The Morgan fingerprint density at radius 2 is 0.886 bits per heavy atom. The number of ether oxygens (including phenoxy) is 1. The van der Waals surface area contributed by atoms with Crippen molar-refractivity contribution in [3.8, 4) is 0 Å². The van der Waals surface area contributed by atoms with Crippen LogP contribution in [0.5, 0.6) is 0 Å². The van der Waals surface area contributed by atoms with Crippen molar-refractivity contribution < 1.29 is 9.53 Å². The Hall–Kier alpha value is -0.370. The lowest BCUT2D eigenvalue weighted by Crippen LogP contribution is -2.28. The van der Waals surface area contributed by atoms with Crippen LogP contribution in [-0.2, 0) is 9.53 Å². The largest absolute Gasteiger partial charge is 0.378 e. The van der Waals surface area contributed by atoms with Crippen LogP contribution in [0.2, 0.25) is 0 Å². The number of unbranched alkanes of at least 4 members (excludes halogenated alkanes) is 24. The van der Waals surface area contributed by atoms with Gasteiger partial charge in [-0.3, -0.25) is 0 Å². The van der Waals surface area contributed by atoms with Gasteiger partial charge in [0.2, 0.25) is 0 Å². The molecule has 0 saturated carbocycles. The van der Waals surface area contributed by atoms with Gasteiger partial charge in [-0.15, -0.1) is 0 Å². The van der Waals surface area contributed by atoms with Crippen molar-refractivity contribution >= 4 is 5.78 Å². The molecule has 0 aliphatic carbocycles. The molecule has 0 heterocycles. The van der Waals surface area contributed by atoms with E-state index < -0.39 is 0 Å².